The van der Waals surface area contributed by atoms with Gasteiger partial charge in [0.1, 0.15) is 11.6 Å². The number of phenols is 1. The van der Waals surface area contributed by atoms with E-state index in [9.17, 15) is 14.3 Å². The zero-order chi connectivity index (χ0) is 20.8. The van der Waals surface area contributed by atoms with Crippen molar-refractivity contribution in [3.05, 3.63) is 69.6 Å². The van der Waals surface area contributed by atoms with Crippen molar-refractivity contribution in [2.75, 3.05) is 20.3 Å². The number of methoxy groups -OCH3 is 1. The zero-order valence-electron chi connectivity index (χ0n) is 15.6. The molecule has 0 saturated carbocycles. The van der Waals surface area contributed by atoms with Gasteiger partial charge in [-0.25, -0.2) is 9.07 Å². The van der Waals surface area contributed by atoms with Crippen molar-refractivity contribution in [1.29, 1.82) is 0 Å². The second kappa shape index (κ2) is 9.26. The van der Waals surface area contributed by atoms with Gasteiger partial charge in [0.15, 0.2) is 0 Å². The lowest BCUT2D eigenvalue weighted by atomic mass is 10.1. The second-order valence-electron chi connectivity index (χ2n) is 5.99. The van der Waals surface area contributed by atoms with Crippen molar-refractivity contribution in [2.24, 2.45) is 15.8 Å². The molecule has 0 aliphatic rings. The summed E-state index contributed by atoms with van der Waals surface area (Å²) in [5.74, 6) is -1.30. The highest BCUT2D eigenvalue weighted by Gasteiger charge is 2.13. The molecule has 29 heavy (non-hydrogen) atoms. The van der Waals surface area contributed by atoms with Crippen molar-refractivity contribution < 1.29 is 19.0 Å². The van der Waals surface area contributed by atoms with Gasteiger partial charge in [0.2, 0.25) is 4.80 Å². The standard InChI is InChI=1S/C20H19FN4O3S/c1-28-8-7-23-20-25(24-11-13-3-2-4-15(21)9-13)17(12-29-20)14-5-6-18(26)16(10-14)19(22)27/h2-6,9-12,26H,7-8H2,1H3,(H2,22,27). The van der Waals surface area contributed by atoms with Gasteiger partial charge in [-0.2, -0.15) is 5.10 Å². The molecule has 1 aromatic heterocycles. The Morgan fingerprint density at radius 3 is 2.90 bits per heavy atom. The van der Waals surface area contributed by atoms with Crippen LogP contribution in [0.5, 0.6) is 5.75 Å². The number of thiazole rings is 1. The third kappa shape index (κ3) is 4.95. The van der Waals surface area contributed by atoms with E-state index in [0.29, 0.717) is 34.8 Å². The summed E-state index contributed by atoms with van der Waals surface area (Å²) in [7, 11) is 1.59. The molecule has 3 N–H and O–H groups in total. The molecule has 7 nitrogen and oxygen atoms in total. The molecule has 0 aliphatic carbocycles. The number of carbonyl (C=O) groups is 1. The Balaban J connectivity index is 2.09. The largest absolute Gasteiger partial charge is 0.507 e. The summed E-state index contributed by atoms with van der Waals surface area (Å²) in [6.07, 6.45) is 1.52. The molecule has 0 atom stereocenters. The number of ether oxygens (including phenoxy) is 1. The number of halogens is 1. The summed E-state index contributed by atoms with van der Waals surface area (Å²) in [5.41, 5.74) is 7.19. The van der Waals surface area contributed by atoms with Crippen LogP contribution in [-0.2, 0) is 4.74 Å². The maximum absolute atomic E-state index is 13.5. The van der Waals surface area contributed by atoms with Gasteiger partial charge in [-0.1, -0.05) is 12.1 Å². The van der Waals surface area contributed by atoms with Gasteiger partial charge in [0.05, 0.1) is 30.6 Å². The molecule has 0 saturated heterocycles. The van der Waals surface area contributed by atoms with E-state index in [-0.39, 0.29) is 17.1 Å². The fraction of sp³-hybridized carbons (Fsp3) is 0.150. The number of benzene rings is 2. The summed E-state index contributed by atoms with van der Waals surface area (Å²) >= 11 is 1.35. The third-order valence-corrected chi connectivity index (χ3v) is 4.81. The number of rotatable bonds is 7. The van der Waals surface area contributed by atoms with Crippen LogP contribution < -0.4 is 10.5 Å². The smallest absolute Gasteiger partial charge is 0.252 e. The predicted octanol–water partition coefficient (Wildman–Crippen LogP) is 2.59. The van der Waals surface area contributed by atoms with Gasteiger partial charge < -0.3 is 15.6 Å². The quantitative estimate of drug-likeness (QED) is 0.459. The maximum Gasteiger partial charge on any atom is 0.252 e. The molecule has 150 valence electrons. The average Bonchev–Trinajstić information content (AvgIpc) is 3.09. The minimum absolute atomic E-state index is 0.00670. The fourth-order valence-corrected chi connectivity index (χ4v) is 3.42. The van der Waals surface area contributed by atoms with Crippen molar-refractivity contribution in [1.82, 2.24) is 4.68 Å². The molecule has 1 heterocycles. The molecule has 0 aliphatic heterocycles. The lowest BCUT2D eigenvalue weighted by Gasteiger charge is -2.06. The topological polar surface area (TPSA) is 102 Å². The first-order valence-electron chi connectivity index (χ1n) is 8.62. The predicted molar refractivity (Wildman–Crippen MR) is 110 cm³/mol. The first-order chi connectivity index (χ1) is 14.0. The molecule has 1 amide bonds. The van der Waals surface area contributed by atoms with Gasteiger partial charge in [0, 0.05) is 18.1 Å². The maximum atomic E-state index is 13.5. The number of aromatic hydroxyl groups is 1. The summed E-state index contributed by atoms with van der Waals surface area (Å²) in [6.45, 7) is 0.889. The second-order valence-corrected chi connectivity index (χ2v) is 6.82. The molecule has 9 heteroatoms. The van der Waals surface area contributed by atoms with Gasteiger partial charge >= 0.3 is 0 Å². The summed E-state index contributed by atoms with van der Waals surface area (Å²) in [5, 5.41) is 16.1. The Labute approximate surface area is 170 Å². The minimum atomic E-state index is -0.737. The van der Waals surface area contributed by atoms with Crippen LogP contribution >= 0.6 is 11.3 Å². The number of hydrogen-bond donors (Lipinski definition) is 2. The van der Waals surface area contributed by atoms with Gasteiger partial charge in [-0.05, 0) is 35.9 Å². The number of carbonyl (C=O) groups excluding carboxylic acids is 1. The van der Waals surface area contributed by atoms with Crippen molar-refractivity contribution in [2.45, 2.75) is 0 Å². The molecule has 0 spiro atoms. The van der Waals surface area contributed by atoms with Crippen LogP contribution in [0.15, 0.2) is 57.9 Å². The van der Waals surface area contributed by atoms with Crippen LogP contribution in [-0.4, -0.2) is 42.2 Å². The molecular formula is C20H19FN4O3S. The van der Waals surface area contributed by atoms with E-state index in [1.807, 2.05) is 5.38 Å². The van der Waals surface area contributed by atoms with E-state index in [1.165, 1.54) is 41.8 Å². The number of nitrogens with zero attached hydrogens (tertiary/aromatic N) is 3. The van der Waals surface area contributed by atoms with Gasteiger partial charge in [-0.15, -0.1) is 11.3 Å². The van der Waals surface area contributed by atoms with Gasteiger partial charge in [-0.3, -0.25) is 9.79 Å². The highest BCUT2D eigenvalue weighted by molar-refractivity contribution is 7.07. The fourth-order valence-electron chi connectivity index (χ4n) is 2.55. The third-order valence-electron chi connectivity index (χ3n) is 3.96. The summed E-state index contributed by atoms with van der Waals surface area (Å²) in [6, 6.07) is 10.6. The van der Waals surface area contributed by atoms with Gasteiger partial charge in [0.25, 0.3) is 5.91 Å². The SMILES string of the molecule is COCCN=c1scc(-c2ccc(O)c(C(N)=O)c2)n1N=Cc1cccc(F)c1. The van der Waals surface area contributed by atoms with E-state index in [2.05, 4.69) is 10.1 Å². The van der Waals surface area contributed by atoms with Crippen molar-refractivity contribution in [3.8, 4) is 17.0 Å². The lowest BCUT2D eigenvalue weighted by Crippen LogP contribution is -2.14. The lowest BCUT2D eigenvalue weighted by molar-refractivity contribution is 0.0998. The Kier molecular flexibility index (Phi) is 6.53. The Bertz CT molecular complexity index is 1120. The van der Waals surface area contributed by atoms with E-state index in [0.717, 1.165) is 0 Å². The molecule has 3 rings (SSSR count). The highest BCUT2D eigenvalue weighted by atomic mass is 32.1. The van der Waals surface area contributed by atoms with Crippen LogP contribution in [0.1, 0.15) is 15.9 Å². The normalized spacial score (nSPS) is 12.0. The van der Waals surface area contributed by atoms with E-state index in [1.54, 1.807) is 30.0 Å². The van der Waals surface area contributed by atoms with Crippen LogP contribution in [0.3, 0.4) is 0 Å². The first kappa shape index (κ1) is 20.4. The van der Waals surface area contributed by atoms with Crippen LogP contribution in [0.25, 0.3) is 11.3 Å². The number of hydrogen-bond acceptors (Lipinski definition) is 6. The van der Waals surface area contributed by atoms with Crippen LogP contribution in [0.4, 0.5) is 4.39 Å². The Hall–Kier alpha value is -3.30. The molecule has 3 aromatic rings. The van der Waals surface area contributed by atoms with Crippen molar-refractivity contribution >= 4 is 23.5 Å². The van der Waals surface area contributed by atoms with Crippen molar-refractivity contribution in [3.63, 3.8) is 0 Å². The highest BCUT2D eigenvalue weighted by Crippen LogP contribution is 2.26. The molecule has 0 bridgehead atoms. The summed E-state index contributed by atoms with van der Waals surface area (Å²) < 4.78 is 20.1. The zero-order valence-corrected chi connectivity index (χ0v) is 16.4. The Morgan fingerprint density at radius 2 is 2.17 bits per heavy atom. The number of aromatic nitrogens is 1. The minimum Gasteiger partial charge on any atom is -0.507 e. The molecular weight excluding hydrogens is 395 g/mol. The van der Waals surface area contributed by atoms with E-state index >= 15 is 0 Å². The molecule has 0 unspecified atom stereocenters. The van der Waals surface area contributed by atoms with E-state index < -0.39 is 5.91 Å². The summed E-state index contributed by atoms with van der Waals surface area (Å²) in [4.78, 5) is 16.6. The number of primary amides is 1. The van der Waals surface area contributed by atoms with Crippen LogP contribution in [0.2, 0.25) is 0 Å². The molecule has 2 aromatic carbocycles. The molecule has 0 fully saturated rings. The Morgan fingerprint density at radius 1 is 1.34 bits per heavy atom. The van der Waals surface area contributed by atoms with Crippen LogP contribution in [0, 0.1) is 5.82 Å². The average molecular weight is 414 g/mol. The van der Waals surface area contributed by atoms with E-state index in [4.69, 9.17) is 10.5 Å². The molecule has 0 radical (unpaired) electrons. The monoisotopic (exact) mass is 414 g/mol. The number of amides is 1. The first-order valence-corrected chi connectivity index (χ1v) is 9.50. The number of nitrogens with two attached hydrogens (primary N) is 1.